The normalized spacial score (nSPS) is 10.5. The van der Waals surface area contributed by atoms with Crippen molar-refractivity contribution in [2.24, 2.45) is 0 Å². The van der Waals surface area contributed by atoms with Crippen molar-refractivity contribution >= 4 is 28.5 Å². The molecule has 1 aromatic carbocycles. The van der Waals surface area contributed by atoms with Crippen LogP contribution in [-0.2, 0) is 4.74 Å². The van der Waals surface area contributed by atoms with Crippen LogP contribution in [0.25, 0.3) is 10.9 Å². The number of carbonyl (C=O) groups excluding carboxylic acids is 1. The summed E-state index contributed by atoms with van der Waals surface area (Å²) in [6, 6.07) is 4.82. The van der Waals surface area contributed by atoms with Crippen LogP contribution in [0.3, 0.4) is 0 Å². The Morgan fingerprint density at radius 3 is 2.94 bits per heavy atom. The van der Waals surface area contributed by atoms with E-state index in [9.17, 15) is 9.59 Å². The van der Waals surface area contributed by atoms with Crippen molar-refractivity contribution in [2.45, 2.75) is 6.92 Å². The lowest BCUT2D eigenvalue weighted by atomic mass is 10.1. The molecule has 1 N–H and O–H groups in total. The van der Waals surface area contributed by atoms with Gasteiger partial charge >= 0.3 is 5.97 Å². The minimum absolute atomic E-state index is 0.00155. The number of ether oxygens (including phenoxy) is 1. The molecule has 1 heterocycles. The number of aromatic nitrogens is 1. The lowest BCUT2D eigenvalue weighted by molar-refractivity contribution is 0.0524. The molecule has 0 saturated carbocycles. The fourth-order valence-electron chi connectivity index (χ4n) is 1.55. The lowest BCUT2D eigenvalue weighted by Gasteiger charge is -2.03. The standard InChI is InChI=1S/C12H10ClNO3/c1-2-17-12(16)9-6-14-10-5-7(13)3-4-8(10)11(9)15/h3-6H,2H2,1H3,(H,14,15). The van der Waals surface area contributed by atoms with Crippen LogP contribution in [0.15, 0.2) is 29.2 Å². The van der Waals surface area contributed by atoms with Gasteiger partial charge in [-0.25, -0.2) is 4.79 Å². The number of pyridine rings is 1. The van der Waals surface area contributed by atoms with E-state index in [0.717, 1.165) is 0 Å². The number of nitrogens with one attached hydrogen (secondary N) is 1. The number of aromatic amines is 1. The van der Waals surface area contributed by atoms with E-state index >= 15 is 0 Å². The Labute approximate surface area is 102 Å². The fourth-order valence-corrected chi connectivity index (χ4v) is 1.73. The molecule has 4 nitrogen and oxygen atoms in total. The van der Waals surface area contributed by atoms with Gasteiger partial charge in [0.05, 0.1) is 12.1 Å². The molecule has 0 bridgehead atoms. The number of esters is 1. The maximum absolute atomic E-state index is 12.0. The molecule has 0 atom stereocenters. The zero-order chi connectivity index (χ0) is 12.4. The number of H-pyrrole nitrogens is 1. The number of carbonyl (C=O) groups is 1. The third kappa shape index (κ3) is 2.17. The van der Waals surface area contributed by atoms with Gasteiger partial charge in [-0.3, -0.25) is 4.79 Å². The first-order valence-electron chi connectivity index (χ1n) is 5.11. The van der Waals surface area contributed by atoms with Gasteiger partial charge in [0, 0.05) is 16.6 Å². The summed E-state index contributed by atoms with van der Waals surface area (Å²) in [5, 5.41) is 0.942. The van der Waals surface area contributed by atoms with Gasteiger partial charge < -0.3 is 9.72 Å². The van der Waals surface area contributed by atoms with Gasteiger partial charge in [0.1, 0.15) is 5.56 Å². The van der Waals surface area contributed by atoms with Gasteiger partial charge in [0.2, 0.25) is 5.43 Å². The molecule has 88 valence electrons. The summed E-state index contributed by atoms with van der Waals surface area (Å²) in [6.45, 7) is 1.92. The number of benzene rings is 1. The first-order chi connectivity index (χ1) is 8.13. The second-order valence-electron chi connectivity index (χ2n) is 3.44. The SMILES string of the molecule is CCOC(=O)c1c[nH]c2cc(Cl)ccc2c1=O. The summed E-state index contributed by atoms with van der Waals surface area (Å²) in [7, 11) is 0. The van der Waals surface area contributed by atoms with Gasteiger partial charge in [0.15, 0.2) is 0 Å². The van der Waals surface area contributed by atoms with Crippen LogP contribution in [0.2, 0.25) is 5.02 Å². The Balaban J connectivity index is 2.62. The molecule has 0 unspecified atom stereocenters. The molecule has 0 amide bonds. The Morgan fingerprint density at radius 1 is 1.47 bits per heavy atom. The highest BCUT2D eigenvalue weighted by atomic mass is 35.5. The largest absolute Gasteiger partial charge is 0.462 e. The lowest BCUT2D eigenvalue weighted by Crippen LogP contribution is -2.18. The Kier molecular flexibility index (Phi) is 3.15. The minimum atomic E-state index is -0.620. The fraction of sp³-hybridized carbons (Fsp3) is 0.167. The van der Waals surface area contributed by atoms with Crippen molar-refractivity contribution < 1.29 is 9.53 Å². The molecule has 1 aromatic heterocycles. The van der Waals surface area contributed by atoms with Crippen LogP contribution in [0.1, 0.15) is 17.3 Å². The van der Waals surface area contributed by atoms with Crippen molar-refractivity contribution in [3.63, 3.8) is 0 Å². The second kappa shape index (κ2) is 4.59. The molecule has 0 aliphatic rings. The van der Waals surface area contributed by atoms with E-state index in [4.69, 9.17) is 16.3 Å². The Bertz CT molecular complexity index is 633. The third-order valence-electron chi connectivity index (χ3n) is 2.34. The van der Waals surface area contributed by atoms with E-state index in [1.165, 1.54) is 6.20 Å². The van der Waals surface area contributed by atoms with Crippen molar-refractivity contribution in [2.75, 3.05) is 6.61 Å². The number of hydrogen-bond donors (Lipinski definition) is 1. The first-order valence-corrected chi connectivity index (χ1v) is 5.49. The number of halogens is 1. The summed E-state index contributed by atoms with van der Waals surface area (Å²) in [4.78, 5) is 26.4. The van der Waals surface area contributed by atoms with E-state index in [0.29, 0.717) is 15.9 Å². The quantitative estimate of drug-likeness (QED) is 0.834. The van der Waals surface area contributed by atoms with Crippen molar-refractivity contribution in [1.29, 1.82) is 0 Å². The maximum atomic E-state index is 12.0. The summed E-state index contributed by atoms with van der Waals surface area (Å²) in [5.41, 5.74) is 0.242. The average molecular weight is 252 g/mol. The van der Waals surface area contributed by atoms with Crippen LogP contribution >= 0.6 is 11.6 Å². The summed E-state index contributed by atoms with van der Waals surface area (Å²) >= 11 is 5.81. The number of hydrogen-bond acceptors (Lipinski definition) is 3. The van der Waals surface area contributed by atoms with E-state index in [1.54, 1.807) is 25.1 Å². The molecule has 17 heavy (non-hydrogen) atoms. The summed E-state index contributed by atoms with van der Waals surface area (Å²) in [6.07, 6.45) is 1.35. The van der Waals surface area contributed by atoms with Crippen molar-refractivity contribution in [3.05, 3.63) is 45.2 Å². The molecular weight excluding hydrogens is 242 g/mol. The smallest absolute Gasteiger partial charge is 0.343 e. The van der Waals surface area contributed by atoms with Crippen molar-refractivity contribution in [3.8, 4) is 0 Å². The molecular formula is C12H10ClNO3. The number of rotatable bonds is 2. The highest BCUT2D eigenvalue weighted by Gasteiger charge is 2.13. The van der Waals surface area contributed by atoms with E-state index in [2.05, 4.69) is 4.98 Å². The van der Waals surface area contributed by atoms with Crippen LogP contribution in [-0.4, -0.2) is 17.6 Å². The highest BCUT2D eigenvalue weighted by molar-refractivity contribution is 6.31. The number of fused-ring (bicyclic) bond motifs is 1. The Hall–Kier alpha value is -1.81. The predicted octanol–water partition coefficient (Wildman–Crippen LogP) is 2.36. The van der Waals surface area contributed by atoms with Gasteiger partial charge in [0.25, 0.3) is 0 Å². The van der Waals surface area contributed by atoms with Gasteiger partial charge in [-0.15, -0.1) is 0 Å². The molecule has 0 radical (unpaired) electrons. The van der Waals surface area contributed by atoms with Gasteiger partial charge in [-0.05, 0) is 25.1 Å². The minimum Gasteiger partial charge on any atom is -0.462 e. The molecule has 0 spiro atoms. The van der Waals surface area contributed by atoms with E-state index in [-0.39, 0.29) is 17.6 Å². The van der Waals surface area contributed by atoms with Crippen LogP contribution in [0.4, 0.5) is 0 Å². The van der Waals surface area contributed by atoms with Crippen LogP contribution in [0, 0.1) is 0 Å². The van der Waals surface area contributed by atoms with Crippen LogP contribution in [0.5, 0.6) is 0 Å². The van der Waals surface area contributed by atoms with Crippen LogP contribution < -0.4 is 5.43 Å². The summed E-state index contributed by atoms with van der Waals surface area (Å²) < 4.78 is 4.80. The third-order valence-corrected chi connectivity index (χ3v) is 2.57. The topological polar surface area (TPSA) is 59.2 Å². The zero-order valence-corrected chi connectivity index (χ0v) is 9.88. The van der Waals surface area contributed by atoms with Gasteiger partial charge in [-0.2, -0.15) is 0 Å². The molecule has 0 saturated heterocycles. The van der Waals surface area contributed by atoms with Gasteiger partial charge in [-0.1, -0.05) is 11.6 Å². The highest BCUT2D eigenvalue weighted by Crippen LogP contribution is 2.15. The molecule has 2 rings (SSSR count). The molecule has 0 aliphatic carbocycles. The molecule has 0 fully saturated rings. The molecule has 2 aromatic rings. The average Bonchev–Trinajstić information content (AvgIpc) is 2.29. The van der Waals surface area contributed by atoms with E-state index < -0.39 is 5.97 Å². The predicted molar refractivity (Wildman–Crippen MR) is 65.5 cm³/mol. The maximum Gasteiger partial charge on any atom is 0.343 e. The van der Waals surface area contributed by atoms with Crippen molar-refractivity contribution in [1.82, 2.24) is 4.98 Å². The second-order valence-corrected chi connectivity index (χ2v) is 3.88. The van der Waals surface area contributed by atoms with E-state index in [1.807, 2.05) is 0 Å². The molecule has 5 heteroatoms. The first kappa shape index (κ1) is 11.7. The summed E-state index contributed by atoms with van der Waals surface area (Å²) in [5.74, 6) is -0.620. The Morgan fingerprint density at radius 2 is 2.24 bits per heavy atom. The monoisotopic (exact) mass is 251 g/mol. The molecule has 0 aliphatic heterocycles. The zero-order valence-electron chi connectivity index (χ0n) is 9.12.